The SMILES string of the molecule is O=C(O)c1ccoc1COc1cccc2c1N(C(=O)OCc1ccccc1)CCC2. The van der Waals surface area contributed by atoms with Crippen molar-refractivity contribution in [1.29, 1.82) is 0 Å². The molecule has 0 radical (unpaired) electrons. The number of rotatable bonds is 6. The highest BCUT2D eigenvalue weighted by Crippen LogP contribution is 2.37. The first-order chi connectivity index (χ1) is 14.6. The van der Waals surface area contributed by atoms with Crippen molar-refractivity contribution in [2.24, 2.45) is 0 Å². The van der Waals surface area contributed by atoms with E-state index in [9.17, 15) is 14.7 Å². The number of carbonyl (C=O) groups is 2. The van der Waals surface area contributed by atoms with Gasteiger partial charge in [-0.15, -0.1) is 0 Å². The van der Waals surface area contributed by atoms with Crippen LogP contribution in [0.2, 0.25) is 0 Å². The van der Waals surface area contributed by atoms with Gasteiger partial charge in [0.1, 0.15) is 24.5 Å². The number of aromatic carboxylic acids is 1. The van der Waals surface area contributed by atoms with E-state index < -0.39 is 12.1 Å². The maximum absolute atomic E-state index is 12.8. The fraction of sp³-hybridized carbons (Fsp3) is 0.217. The van der Waals surface area contributed by atoms with Crippen LogP contribution in [-0.4, -0.2) is 23.7 Å². The van der Waals surface area contributed by atoms with Gasteiger partial charge in [-0.1, -0.05) is 42.5 Å². The summed E-state index contributed by atoms with van der Waals surface area (Å²) in [6, 6.07) is 16.4. The van der Waals surface area contributed by atoms with E-state index in [1.165, 1.54) is 12.3 Å². The normalized spacial score (nSPS) is 12.9. The number of carboxylic acids is 1. The molecule has 3 aromatic rings. The molecule has 0 fully saturated rings. The number of fused-ring (bicyclic) bond motifs is 1. The molecule has 0 atom stereocenters. The van der Waals surface area contributed by atoms with Gasteiger partial charge in [0.15, 0.2) is 5.76 Å². The predicted molar refractivity (Wildman–Crippen MR) is 109 cm³/mol. The van der Waals surface area contributed by atoms with Crippen molar-refractivity contribution >= 4 is 17.7 Å². The van der Waals surface area contributed by atoms with Gasteiger partial charge in [0.25, 0.3) is 0 Å². The zero-order chi connectivity index (χ0) is 20.9. The number of hydrogen-bond donors (Lipinski definition) is 1. The second kappa shape index (κ2) is 8.73. The fourth-order valence-electron chi connectivity index (χ4n) is 3.50. The first-order valence-electron chi connectivity index (χ1n) is 9.66. The Balaban J connectivity index is 1.52. The molecule has 30 heavy (non-hydrogen) atoms. The number of aryl methyl sites for hydroxylation is 1. The minimum atomic E-state index is -1.08. The zero-order valence-electron chi connectivity index (χ0n) is 16.2. The summed E-state index contributed by atoms with van der Waals surface area (Å²) < 4.78 is 16.6. The van der Waals surface area contributed by atoms with Crippen LogP contribution in [0.3, 0.4) is 0 Å². The molecule has 1 aromatic heterocycles. The average molecular weight is 407 g/mol. The highest BCUT2D eigenvalue weighted by Gasteiger charge is 2.27. The van der Waals surface area contributed by atoms with Crippen molar-refractivity contribution < 1.29 is 28.6 Å². The van der Waals surface area contributed by atoms with Gasteiger partial charge >= 0.3 is 12.1 Å². The lowest BCUT2D eigenvalue weighted by atomic mass is 10.0. The van der Waals surface area contributed by atoms with Crippen molar-refractivity contribution in [3.05, 3.63) is 83.3 Å². The van der Waals surface area contributed by atoms with Crippen molar-refractivity contribution in [3.8, 4) is 5.75 Å². The smallest absolute Gasteiger partial charge is 0.414 e. The van der Waals surface area contributed by atoms with Crippen LogP contribution in [-0.2, 0) is 24.4 Å². The number of ether oxygens (including phenoxy) is 2. The lowest BCUT2D eigenvalue weighted by Crippen LogP contribution is -2.36. The van der Waals surface area contributed by atoms with E-state index >= 15 is 0 Å². The second-order valence-electron chi connectivity index (χ2n) is 6.91. The van der Waals surface area contributed by atoms with E-state index in [-0.39, 0.29) is 24.5 Å². The van der Waals surface area contributed by atoms with Gasteiger partial charge in [0.05, 0.1) is 12.0 Å². The number of para-hydroxylation sites is 1. The lowest BCUT2D eigenvalue weighted by Gasteiger charge is -2.30. The van der Waals surface area contributed by atoms with Crippen LogP contribution in [0.1, 0.15) is 33.7 Å². The fourth-order valence-corrected chi connectivity index (χ4v) is 3.50. The Morgan fingerprint density at radius 3 is 2.67 bits per heavy atom. The van der Waals surface area contributed by atoms with Crippen molar-refractivity contribution in [1.82, 2.24) is 0 Å². The molecule has 0 saturated heterocycles. The van der Waals surface area contributed by atoms with Gasteiger partial charge in [-0.3, -0.25) is 4.90 Å². The van der Waals surface area contributed by atoms with E-state index in [0.717, 1.165) is 24.0 Å². The van der Waals surface area contributed by atoms with Crippen LogP contribution >= 0.6 is 0 Å². The molecule has 0 saturated carbocycles. The molecule has 1 amide bonds. The summed E-state index contributed by atoms with van der Waals surface area (Å²) in [6.45, 7) is 0.642. The highest BCUT2D eigenvalue weighted by molar-refractivity contribution is 5.91. The van der Waals surface area contributed by atoms with Gasteiger partial charge in [-0.2, -0.15) is 0 Å². The molecule has 0 unspecified atom stereocenters. The zero-order valence-corrected chi connectivity index (χ0v) is 16.2. The summed E-state index contributed by atoms with van der Waals surface area (Å²) in [6.07, 6.45) is 2.50. The number of carboxylic acid groups (broad SMARTS) is 1. The molecular weight excluding hydrogens is 386 g/mol. The summed E-state index contributed by atoms with van der Waals surface area (Å²) in [4.78, 5) is 25.7. The molecule has 0 spiro atoms. The van der Waals surface area contributed by atoms with Crippen LogP contribution in [0.15, 0.2) is 65.3 Å². The minimum Gasteiger partial charge on any atom is -0.483 e. The Labute approximate surface area is 173 Å². The van der Waals surface area contributed by atoms with Crippen molar-refractivity contribution in [3.63, 3.8) is 0 Å². The monoisotopic (exact) mass is 407 g/mol. The molecule has 0 bridgehead atoms. The summed E-state index contributed by atoms with van der Waals surface area (Å²) in [5, 5.41) is 9.23. The molecule has 7 nitrogen and oxygen atoms in total. The average Bonchev–Trinajstić information content (AvgIpc) is 3.25. The molecule has 1 aliphatic heterocycles. The van der Waals surface area contributed by atoms with Crippen molar-refractivity contribution in [2.75, 3.05) is 11.4 Å². The number of furan rings is 1. The number of nitrogens with zero attached hydrogens (tertiary/aromatic N) is 1. The molecule has 154 valence electrons. The van der Waals surface area contributed by atoms with Crippen LogP contribution < -0.4 is 9.64 Å². The largest absolute Gasteiger partial charge is 0.483 e. The maximum Gasteiger partial charge on any atom is 0.414 e. The number of anilines is 1. The van der Waals surface area contributed by atoms with Gasteiger partial charge < -0.3 is 19.0 Å². The van der Waals surface area contributed by atoms with Crippen molar-refractivity contribution in [2.45, 2.75) is 26.1 Å². The van der Waals surface area contributed by atoms with Crippen LogP contribution in [0, 0.1) is 0 Å². The third kappa shape index (κ3) is 4.15. The summed E-state index contributed by atoms with van der Waals surface area (Å²) in [5.74, 6) is -0.380. The second-order valence-corrected chi connectivity index (χ2v) is 6.91. The highest BCUT2D eigenvalue weighted by atomic mass is 16.6. The molecule has 1 N–H and O–H groups in total. The Bertz CT molecular complexity index is 1040. The quantitative estimate of drug-likeness (QED) is 0.640. The van der Waals surface area contributed by atoms with Crippen LogP contribution in [0.5, 0.6) is 5.75 Å². The summed E-state index contributed by atoms with van der Waals surface area (Å²) in [7, 11) is 0. The van der Waals surface area contributed by atoms with E-state index in [1.807, 2.05) is 42.5 Å². The first-order valence-corrected chi connectivity index (χ1v) is 9.66. The van der Waals surface area contributed by atoms with E-state index in [0.29, 0.717) is 18.0 Å². The molecule has 2 heterocycles. The number of carbonyl (C=O) groups excluding carboxylic acids is 1. The van der Waals surface area contributed by atoms with Crippen LogP contribution in [0.4, 0.5) is 10.5 Å². The van der Waals surface area contributed by atoms with Gasteiger partial charge in [0, 0.05) is 6.54 Å². The number of amides is 1. The third-order valence-electron chi connectivity index (χ3n) is 4.94. The maximum atomic E-state index is 12.8. The topological polar surface area (TPSA) is 89.2 Å². The van der Waals surface area contributed by atoms with E-state index in [4.69, 9.17) is 13.9 Å². The minimum absolute atomic E-state index is 0.0546. The Morgan fingerprint density at radius 2 is 1.87 bits per heavy atom. The van der Waals surface area contributed by atoms with Crippen LogP contribution in [0.25, 0.3) is 0 Å². The lowest BCUT2D eigenvalue weighted by molar-refractivity contribution is 0.0691. The van der Waals surface area contributed by atoms with Gasteiger partial charge in [-0.25, -0.2) is 9.59 Å². The Hall–Kier alpha value is -3.74. The molecule has 4 rings (SSSR count). The first kappa shape index (κ1) is 19.6. The molecular formula is C23H21NO6. The summed E-state index contributed by atoms with van der Waals surface area (Å²) in [5.41, 5.74) is 2.60. The summed E-state index contributed by atoms with van der Waals surface area (Å²) >= 11 is 0. The Kier molecular flexibility index (Phi) is 5.70. The molecule has 0 aliphatic carbocycles. The number of benzene rings is 2. The standard InChI is InChI=1S/C23H21NO6/c25-22(26)18-11-13-28-20(18)15-29-19-10-4-8-17-9-5-12-24(21(17)19)23(27)30-14-16-6-2-1-3-7-16/h1-4,6-8,10-11,13H,5,9,12,14-15H2,(H,25,26). The predicted octanol–water partition coefficient (Wildman–Crippen LogP) is 4.65. The molecule has 2 aromatic carbocycles. The molecule has 1 aliphatic rings. The third-order valence-corrected chi connectivity index (χ3v) is 4.94. The number of hydrogen-bond acceptors (Lipinski definition) is 5. The van der Waals surface area contributed by atoms with E-state index in [2.05, 4.69) is 0 Å². The van der Waals surface area contributed by atoms with E-state index in [1.54, 1.807) is 11.0 Å². The Morgan fingerprint density at radius 1 is 1.03 bits per heavy atom. The van der Waals surface area contributed by atoms with Gasteiger partial charge in [-0.05, 0) is 36.1 Å². The molecule has 7 heteroatoms. The van der Waals surface area contributed by atoms with Gasteiger partial charge in [0.2, 0.25) is 0 Å².